The van der Waals surface area contributed by atoms with E-state index in [4.69, 9.17) is 11.5 Å². The van der Waals surface area contributed by atoms with Crippen LogP contribution in [0.2, 0.25) is 0 Å². The molecule has 0 bridgehead atoms. The zero-order valence-corrected chi connectivity index (χ0v) is 9.69. The van der Waals surface area contributed by atoms with Crippen LogP contribution in [0.5, 0.6) is 0 Å². The fourth-order valence-corrected chi connectivity index (χ4v) is 2.11. The fraction of sp³-hybridized carbons (Fsp3) is 0.500. The number of carbonyl (C=O) groups is 2. The van der Waals surface area contributed by atoms with Gasteiger partial charge in [0.15, 0.2) is 0 Å². The van der Waals surface area contributed by atoms with Crippen LogP contribution in [0.25, 0.3) is 0 Å². The second-order valence-electron chi connectivity index (χ2n) is 4.71. The van der Waals surface area contributed by atoms with Crippen molar-refractivity contribution in [2.75, 3.05) is 0 Å². The normalized spacial score (nSPS) is 24.3. The first kappa shape index (κ1) is 12.5. The minimum Gasteiger partial charge on any atom is -0.369 e. The predicted octanol–water partition coefficient (Wildman–Crippen LogP) is 0.876. The molecule has 0 saturated carbocycles. The van der Waals surface area contributed by atoms with Crippen molar-refractivity contribution in [1.29, 1.82) is 0 Å². The summed E-state index contributed by atoms with van der Waals surface area (Å²) in [5.74, 6) is -0.563. The van der Waals surface area contributed by atoms with Crippen LogP contribution >= 0.6 is 0 Å². The van der Waals surface area contributed by atoms with E-state index in [2.05, 4.69) is 0 Å². The van der Waals surface area contributed by atoms with E-state index in [1.165, 1.54) is 0 Å². The maximum absolute atomic E-state index is 11.6. The molecular formula is C12H18N2O2. The number of amides is 2. The van der Waals surface area contributed by atoms with Gasteiger partial charge in [-0.2, -0.15) is 0 Å². The topological polar surface area (TPSA) is 86.2 Å². The number of hydrogen-bond acceptors (Lipinski definition) is 2. The molecule has 0 aromatic carbocycles. The smallest absolute Gasteiger partial charge is 0.244 e. The molecular weight excluding hydrogens is 204 g/mol. The Morgan fingerprint density at radius 3 is 2.50 bits per heavy atom. The largest absolute Gasteiger partial charge is 0.369 e. The van der Waals surface area contributed by atoms with Gasteiger partial charge in [0.25, 0.3) is 0 Å². The predicted molar refractivity (Wildman–Crippen MR) is 62.1 cm³/mol. The van der Waals surface area contributed by atoms with Crippen LogP contribution in [-0.4, -0.2) is 11.8 Å². The van der Waals surface area contributed by atoms with Crippen LogP contribution in [0.3, 0.4) is 0 Å². The van der Waals surface area contributed by atoms with Gasteiger partial charge in [-0.3, -0.25) is 9.59 Å². The number of nitrogens with two attached hydrogens (primary N) is 2. The number of primary amides is 2. The van der Waals surface area contributed by atoms with Crippen LogP contribution in [-0.2, 0) is 9.59 Å². The lowest BCUT2D eigenvalue weighted by atomic mass is 9.72. The minimum atomic E-state index is -0.757. The van der Waals surface area contributed by atoms with Gasteiger partial charge in [-0.05, 0) is 18.8 Å². The molecule has 2 amide bonds. The average Bonchev–Trinajstić information content (AvgIpc) is 2.16. The third kappa shape index (κ3) is 2.51. The van der Waals surface area contributed by atoms with Crippen LogP contribution in [0.4, 0.5) is 0 Å². The molecule has 1 aliphatic carbocycles. The Morgan fingerprint density at radius 2 is 2.06 bits per heavy atom. The summed E-state index contributed by atoms with van der Waals surface area (Å²) in [6.07, 6.45) is 6.05. The molecule has 1 unspecified atom stereocenters. The van der Waals surface area contributed by atoms with Gasteiger partial charge in [-0.25, -0.2) is 0 Å². The minimum absolute atomic E-state index is 0.312. The van der Waals surface area contributed by atoms with E-state index in [9.17, 15) is 9.59 Å². The second kappa shape index (κ2) is 4.51. The molecule has 1 aliphatic rings. The van der Waals surface area contributed by atoms with Crippen molar-refractivity contribution in [2.24, 2.45) is 22.8 Å². The monoisotopic (exact) mass is 222 g/mol. The SMILES string of the molecule is CC(C)CC1(C(N)=O)C=CC=C(C(N)=O)C1. The van der Waals surface area contributed by atoms with Crippen molar-refractivity contribution in [3.05, 3.63) is 23.8 Å². The third-order valence-electron chi connectivity index (χ3n) is 2.80. The van der Waals surface area contributed by atoms with E-state index >= 15 is 0 Å². The van der Waals surface area contributed by atoms with E-state index < -0.39 is 17.2 Å². The van der Waals surface area contributed by atoms with E-state index in [0.29, 0.717) is 24.3 Å². The molecule has 0 radical (unpaired) electrons. The van der Waals surface area contributed by atoms with Crippen molar-refractivity contribution >= 4 is 11.8 Å². The van der Waals surface area contributed by atoms with Crippen LogP contribution in [0.15, 0.2) is 23.8 Å². The first-order chi connectivity index (χ1) is 7.37. The maximum Gasteiger partial charge on any atom is 0.244 e. The summed E-state index contributed by atoms with van der Waals surface area (Å²) in [4.78, 5) is 22.7. The van der Waals surface area contributed by atoms with E-state index in [-0.39, 0.29) is 0 Å². The standard InChI is InChI=1S/C12H18N2O2/c1-8(2)6-12(11(14)16)5-3-4-9(7-12)10(13)15/h3-5,8H,6-7H2,1-2H3,(H2,13,15)(H2,14,16). The Labute approximate surface area is 95.4 Å². The average molecular weight is 222 g/mol. The lowest BCUT2D eigenvalue weighted by Crippen LogP contribution is -2.39. The zero-order valence-electron chi connectivity index (χ0n) is 9.69. The van der Waals surface area contributed by atoms with Gasteiger partial charge in [0.05, 0.1) is 5.41 Å². The number of rotatable bonds is 4. The van der Waals surface area contributed by atoms with Gasteiger partial charge < -0.3 is 11.5 Å². The Morgan fingerprint density at radius 1 is 1.44 bits per heavy atom. The molecule has 4 nitrogen and oxygen atoms in total. The summed E-state index contributed by atoms with van der Waals surface area (Å²) >= 11 is 0. The molecule has 1 atom stereocenters. The van der Waals surface area contributed by atoms with Gasteiger partial charge in [-0.15, -0.1) is 0 Å². The summed E-state index contributed by atoms with van der Waals surface area (Å²) in [5, 5.41) is 0. The lowest BCUT2D eigenvalue weighted by Gasteiger charge is -2.31. The summed E-state index contributed by atoms with van der Waals surface area (Å²) < 4.78 is 0. The third-order valence-corrected chi connectivity index (χ3v) is 2.80. The molecule has 4 heteroatoms. The molecule has 0 spiro atoms. The molecule has 0 heterocycles. The second-order valence-corrected chi connectivity index (χ2v) is 4.71. The zero-order chi connectivity index (χ0) is 12.3. The van der Waals surface area contributed by atoms with Crippen molar-refractivity contribution in [2.45, 2.75) is 26.7 Å². The van der Waals surface area contributed by atoms with Crippen LogP contribution < -0.4 is 11.5 Å². The Bertz CT molecular complexity index is 369. The Balaban J connectivity index is 2.99. The summed E-state index contributed by atoms with van der Waals surface area (Å²) in [7, 11) is 0. The molecule has 4 N–H and O–H groups in total. The Hall–Kier alpha value is -1.58. The van der Waals surface area contributed by atoms with Gasteiger partial charge in [0.1, 0.15) is 0 Å². The molecule has 0 fully saturated rings. The Kier molecular flexibility index (Phi) is 3.52. The quantitative estimate of drug-likeness (QED) is 0.739. The maximum atomic E-state index is 11.6. The number of carbonyl (C=O) groups excluding carboxylic acids is 2. The van der Waals surface area contributed by atoms with Crippen LogP contribution in [0.1, 0.15) is 26.7 Å². The highest BCUT2D eigenvalue weighted by Gasteiger charge is 2.37. The van der Waals surface area contributed by atoms with Gasteiger partial charge >= 0.3 is 0 Å². The number of allylic oxidation sites excluding steroid dienone is 2. The van der Waals surface area contributed by atoms with Gasteiger partial charge in [0.2, 0.25) is 11.8 Å². The highest BCUT2D eigenvalue weighted by molar-refractivity contribution is 5.95. The summed E-state index contributed by atoms with van der Waals surface area (Å²) in [6.45, 7) is 4.03. The van der Waals surface area contributed by atoms with Crippen molar-refractivity contribution < 1.29 is 9.59 Å². The first-order valence-electron chi connectivity index (χ1n) is 5.35. The summed E-state index contributed by atoms with van der Waals surface area (Å²) in [6, 6.07) is 0. The highest BCUT2D eigenvalue weighted by atomic mass is 16.1. The molecule has 0 saturated heterocycles. The highest BCUT2D eigenvalue weighted by Crippen LogP contribution is 2.37. The number of hydrogen-bond donors (Lipinski definition) is 2. The van der Waals surface area contributed by atoms with E-state index in [0.717, 1.165) is 0 Å². The molecule has 0 aromatic heterocycles. The molecule has 0 aromatic rings. The van der Waals surface area contributed by atoms with E-state index in [1.54, 1.807) is 18.2 Å². The molecule has 88 valence electrons. The first-order valence-corrected chi connectivity index (χ1v) is 5.35. The van der Waals surface area contributed by atoms with Crippen molar-refractivity contribution in [3.8, 4) is 0 Å². The summed E-state index contributed by atoms with van der Waals surface area (Å²) in [5.41, 5.74) is 10.4. The van der Waals surface area contributed by atoms with Crippen molar-refractivity contribution in [1.82, 2.24) is 0 Å². The lowest BCUT2D eigenvalue weighted by molar-refractivity contribution is -0.126. The fourth-order valence-electron chi connectivity index (χ4n) is 2.11. The molecule has 16 heavy (non-hydrogen) atoms. The van der Waals surface area contributed by atoms with Gasteiger partial charge in [-0.1, -0.05) is 32.1 Å². The van der Waals surface area contributed by atoms with Gasteiger partial charge in [0, 0.05) is 5.57 Å². The van der Waals surface area contributed by atoms with Crippen LogP contribution in [0, 0.1) is 11.3 Å². The van der Waals surface area contributed by atoms with Crippen molar-refractivity contribution in [3.63, 3.8) is 0 Å². The molecule has 0 aliphatic heterocycles. The van der Waals surface area contributed by atoms with E-state index in [1.807, 2.05) is 13.8 Å². The molecule has 1 rings (SSSR count).